The van der Waals surface area contributed by atoms with Crippen LogP contribution in [0, 0.1) is 0 Å². The van der Waals surface area contributed by atoms with Gasteiger partial charge in [-0.2, -0.15) is 0 Å². The Balaban J connectivity index is 2.66. The fourth-order valence-corrected chi connectivity index (χ4v) is 1.69. The van der Waals surface area contributed by atoms with Crippen LogP contribution in [0.2, 0.25) is 0 Å². The molecule has 2 aromatic rings. The fourth-order valence-electron chi connectivity index (χ4n) is 1.39. The summed E-state index contributed by atoms with van der Waals surface area (Å²) in [7, 11) is 0. The SMILES string of the molecule is O=C(O)c1c(S)cccc1-c1ncccn1. The van der Waals surface area contributed by atoms with Crippen molar-refractivity contribution in [1.82, 2.24) is 9.97 Å². The lowest BCUT2D eigenvalue weighted by atomic mass is 10.1. The van der Waals surface area contributed by atoms with Crippen molar-refractivity contribution in [3.63, 3.8) is 0 Å². The van der Waals surface area contributed by atoms with E-state index in [-0.39, 0.29) is 5.56 Å². The minimum atomic E-state index is -1.03. The molecule has 0 atom stereocenters. The van der Waals surface area contributed by atoms with E-state index in [1.54, 1.807) is 36.7 Å². The number of carbonyl (C=O) groups is 1. The van der Waals surface area contributed by atoms with Crippen LogP contribution in [-0.4, -0.2) is 21.0 Å². The van der Waals surface area contributed by atoms with Gasteiger partial charge in [0.2, 0.25) is 0 Å². The highest BCUT2D eigenvalue weighted by Crippen LogP contribution is 2.25. The van der Waals surface area contributed by atoms with Crippen molar-refractivity contribution in [2.75, 3.05) is 0 Å². The van der Waals surface area contributed by atoms with Crippen molar-refractivity contribution in [2.45, 2.75) is 4.90 Å². The van der Waals surface area contributed by atoms with Gasteiger partial charge in [-0.3, -0.25) is 0 Å². The van der Waals surface area contributed by atoms with Gasteiger partial charge in [0, 0.05) is 22.9 Å². The summed E-state index contributed by atoms with van der Waals surface area (Å²) < 4.78 is 0. The third-order valence-corrected chi connectivity index (χ3v) is 2.44. The van der Waals surface area contributed by atoms with Crippen molar-refractivity contribution in [3.05, 3.63) is 42.2 Å². The van der Waals surface area contributed by atoms with Gasteiger partial charge in [-0.05, 0) is 12.1 Å². The number of aromatic carboxylic acids is 1. The number of hydrogen-bond acceptors (Lipinski definition) is 4. The van der Waals surface area contributed by atoms with E-state index in [1.807, 2.05) is 0 Å². The summed E-state index contributed by atoms with van der Waals surface area (Å²) in [4.78, 5) is 19.6. The van der Waals surface area contributed by atoms with Gasteiger partial charge in [0.25, 0.3) is 0 Å². The molecule has 0 saturated heterocycles. The van der Waals surface area contributed by atoms with E-state index in [9.17, 15) is 4.79 Å². The second kappa shape index (κ2) is 4.32. The first-order chi connectivity index (χ1) is 7.70. The van der Waals surface area contributed by atoms with Crippen LogP contribution in [0.25, 0.3) is 11.4 Å². The number of rotatable bonds is 2. The van der Waals surface area contributed by atoms with Crippen LogP contribution in [0.15, 0.2) is 41.6 Å². The van der Waals surface area contributed by atoms with Gasteiger partial charge in [0.15, 0.2) is 5.82 Å². The molecule has 0 aliphatic carbocycles. The van der Waals surface area contributed by atoms with Gasteiger partial charge in [0.1, 0.15) is 0 Å². The Morgan fingerprint density at radius 1 is 1.19 bits per heavy atom. The summed E-state index contributed by atoms with van der Waals surface area (Å²) in [5, 5.41) is 9.10. The Morgan fingerprint density at radius 2 is 1.88 bits per heavy atom. The molecular formula is C11H8N2O2S. The van der Waals surface area contributed by atoms with Crippen LogP contribution >= 0.6 is 12.6 Å². The Bertz CT molecular complexity index is 529. The monoisotopic (exact) mass is 232 g/mol. The van der Waals surface area contributed by atoms with Gasteiger partial charge in [-0.1, -0.05) is 12.1 Å². The van der Waals surface area contributed by atoms with E-state index < -0.39 is 5.97 Å². The second-order valence-electron chi connectivity index (χ2n) is 3.08. The summed E-state index contributed by atoms with van der Waals surface area (Å²) in [6.45, 7) is 0. The minimum Gasteiger partial charge on any atom is -0.478 e. The number of nitrogens with zero attached hydrogens (tertiary/aromatic N) is 2. The third-order valence-electron chi connectivity index (χ3n) is 2.06. The van der Waals surface area contributed by atoms with E-state index in [2.05, 4.69) is 22.6 Å². The number of aromatic nitrogens is 2. The molecule has 2 rings (SSSR count). The Labute approximate surface area is 97.4 Å². The van der Waals surface area contributed by atoms with Crippen LogP contribution < -0.4 is 0 Å². The Hall–Kier alpha value is -1.88. The third kappa shape index (κ3) is 1.90. The lowest BCUT2D eigenvalue weighted by Gasteiger charge is -2.06. The second-order valence-corrected chi connectivity index (χ2v) is 3.56. The molecule has 0 aliphatic heterocycles. The minimum absolute atomic E-state index is 0.122. The molecule has 80 valence electrons. The zero-order valence-corrected chi connectivity index (χ0v) is 9.06. The summed E-state index contributed by atoms with van der Waals surface area (Å²) in [5.41, 5.74) is 0.595. The molecule has 16 heavy (non-hydrogen) atoms. The largest absolute Gasteiger partial charge is 0.478 e. The van der Waals surface area contributed by atoms with Gasteiger partial charge in [0.05, 0.1) is 5.56 Å². The van der Waals surface area contributed by atoms with Crippen molar-refractivity contribution >= 4 is 18.6 Å². The molecule has 0 spiro atoms. The lowest BCUT2D eigenvalue weighted by molar-refractivity contribution is 0.0694. The maximum absolute atomic E-state index is 11.1. The topological polar surface area (TPSA) is 63.1 Å². The van der Waals surface area contributed by atoms with E-state index in [0.29, 0.717) is 16.3 Å². The van der Waals surface area contributed by atoms with E-state index in [0.717, 1.165) is 0 Å². The van der Waals surface area contributed by atoms with Crippen LogP contribution in [0.1, 0.15) is 10.4 Å². The molecule has 0 fully saturated rings. The first-order valence-electron chi connectivity index (χ1n) is 4.53. The zero-order chi connectivity index (χ0) is 11.5. The lowest BCUT2D eigenvalue weighted by Crippen LogP contribution is -2.02. The fraction of sp³-hybridized carbons (Fsp3) is 0. The van der Waals surface area contributed by atoms with Crippen molar-refractivity contribution < 1.29 is 9.90 Å². The van der Waals surface area contributed by atoms with Crippen molar-refractivity contribution in [2.24, 2.45) is 0 Å². The molecule has 1 heterocycles. The Morgan fingerprint density at radius 3 is 2.50 bits per heavy atom. The number of hydrogen-bond donors (Lipinski definition) is 2. The summed E-state index contributed by atoms with van der Waals surface area (Å²) in [6.07, 6.45) is 3.14. The van der Waals surface area contributed by atoms with Gasteiger partial charge < -0.3 is 5.11 Å². The molecule has 0 aliphatic rings. The molecule has 1 aromatic heterocycles. The summed E-state index contributed by atoms with van der Waals surface area (Å²) >= 11 is 4.12. The Kier molecular flexibility index (Phi) is 2.87. The maximum atomic E-state index is 11.1. The molecule has 0 amide bonds. The molecule has 5 heteroatoms. The maximum Gasteiger partial charge on any atom is 0.337 e. The zero-order valence-electron chi connectivity index (χ0n) is 8.16. The van der Waals surface area contributed by atoms with Gasteiger partial charge >= 0.3 is 5.97 Å². The normalized spacial score (nSPS) is 10.1. The summed E-state index contributed by atoms with van der Waals surface area (Å²) in [5.74, 6) is -0.649. The average molecular weight is 232 g/mol. The standard InChI is InChI=1S/C11H8N2O2S/c14-11(15)9-7(3-1-4-8(9)16)10-12-5-2-6-13-10/h1-6,16H,(H,14,15). The van der Waals surface area contributed by atoms with E-state index in [1.165, 1.54) is 0 Å². The number of carboxylic acids is 1. The number of carboxylic acid groups (broad SMARTS) is 1. The number of thiol groups is 1. The highest BCUT2D eigenvalue weighted by Gasteiger charge is 2.15. The predicted octanol–water partition coefficient (Wildman–Crippen LogP) is 2.13. The number of benzene rings is 1. The van der Waals surface area contributed by atoms with Crippen molar-refractivity contribution in [3.8, 4) is 11.4 Å². The molecule has 0 unspecified atom stereocenters. The smallest absolute Gasteiger partial charge is 0.337 e. The van der Waals surface area contributed by atoms with Gasteiger partial charge in [-0.15, -0.1) is 12.6 Å². The van der Waals surface area contributed by atoms with E-state index in [4.69, 9.17) is 5.11 Å². The first-order valence-corrected chi connectivity index (χ1v) is 4.97. The quantitative estimate of drug-likeness (QED) is 0.778. The molecule has 1 aromatic carbocycles. The van der Waals surface area contributed by atoms with Crippen LogP contribution in [0.4, 0.5) is 0 Å². The highest BCUT2D eigenvalue weighted by molar-refractivity contribution is 7.80. The summed E-state index contributed by atoms with van der Waals surface area (Å²) in [6, 6.07) is 6.69. The first kappa shape index (κ1) is 10.6. The molecule has 1 N–H and O–H groups in total. The molecule has 4 nitrogen and oxygen atoms in total. The molecule has 0 radical (unpaired) electrons. The average Bonchev–Trinajstić information content (AvgIpc) is 2.29. The van der Waals surface area contributed by atoms with E-state index >= 15 is 0 Å². The van der Waals surface area contributed by atoms with Crippen LogP contribution in [0.3, 0.4) is 0 Å². The highest BCUT2D eigenvalue weighted by atomic mass is 32.1. The van der Waals surface area contributed by atoms with Crippen LogP contribution in [0.5, 0.6) is 0 Å². The molecule has 0 bridgehead atoms. The van der Waals surface area contributed by atoms with Crippen LogP contribution in [-0.2, 0) is 0 Å². The van der Waals surface area contributed by atoms with Crippen molar-refractivity contribution in [1.29, 1.82) is 0 Å². The molecule has 0 saturated carbocycles. The van der Waals surface area contributed by atoms with Gasteiger partial charge in [-0.25, -0.2) is 14.8 Å². The molecular weight excluding hydrogens is 224 g/mol. The predicted molar refractivity (Wildman–Crippen MR) is 61.7 cm³/mol.